The number of aliphatic imine (C=N–C) groups is 1. The van der Waals surface area contributed by atoms with Crippen LogP contribution in [-0.4, -0.2) is 90.6 Å². The van der Waals surface area contributed by atoms with E-state index in [1.54, 1.807) is 14.0 Å². The highest BCUT2D eigenvalue weighted by Gasteiger charge is 2.40. The van der Waals surface area contributed by atoms with Crippen molar-refractivity contribution in [3.63, 3.8) is 0 Å². The molecule has 0 aliphatic carbocycles. The van der Waals surface area contributed by atoms with Crippen LogP contribution in [0.4, 0.5) is 0 Å². The number of fused-ring (bicyclic) bond motifs is 1. The molecule has 38 heavy (non-hydrogen) atoms. The SMILES string of the molecule is COc1ccccc1CC1C2CNCN=C2OC(N2CCN(C(C)=O)CC2)C=C(c2ccccc2C)N1O. The lowest BCUT2D eigenvalue weighted by Gasteiger charge is -2.44. The van der Waals surface area contributed by atoms with E-state index in [2.05, 4.69) is 23.2 Å². The average molecular weight is 520 g/mol. The molecule has 0 aromatic heterocycles. The van der Waals surface area contributed by atoms with Crippen LogP contribution in [0.2, 0.25) is 0 Å². The summed E-state index contributed by atoms with van der Waals surface area (Å²) in [4.78, 5) is 20.7. The number of benzene rings is 2. The Morgan fingerprint density at radius 3 is 2.61 bits per heavy atom. The van der Waals surface area contributed by atoms with Gasteiger partial charge in [0.25, 0.3) is 0 Å². The highest BCUT2D eigenvalue weighted by molar-refractivity contribution is 5.82. The van der Waals surface area contributed by atoms with E-state index in [-0.39, 0.29) is 17.9 Å². The van der Waals surface area contributed by atoms with E-state index >= 15 is 0 Å². The number of piperazine rings is 1. The quantitative estimate of drug-likeness (QED) is 0.628. The second kappa shape index (κ2) is 11.6. The summed E-state index contributed by atoms with van der Waals surface area (Å²) >= 11 is 0. The molecule has 3 aliphatic heterocycles. The van der Waals surface area contributed by atoms with Gasteiger partial charge in [-0.3, -0.25) is 25.3 Å². The fourth-order valence-electron chi connectivity index (χ4n) is 5.57. The van der Waals surface area contributed by atoms with Crippen LogP contribution in [0.25, 0.3) is 5.70 Å². The molecule has 5 rings (SSSR count). The van der Waals surface area contributed by atoms with E-state index in [0.29, 0.717) is 57.4 Å². The van der Waals surface area contributed by atoms with Gasteiger partial charge in [-0.05, 0) is 36.6 Å². The maximum Gasteiger partial charge on any atom is 0.219 e. The summed E-state index contributed by atoms with van der Waals surface area (Å²) in [6, 6.07) is 15.6. The third-order valence-corrected chi connectivity index (χ3v) is 7.76. The molecule has 0 radical (unpaired) electrons. The number of hydrogen-bond acceptors (Lipinski definition) is 8. The molecule has 9 nitrogen and oxygen atoms in total. The van der Waals surface area contributed by atoms with Crippen molar-refractivity contribution in [2.24, 2.45) is 10.9 Å². The molecule has 202 valence electrons. The molecule has 9 heteroatoms. The van der Waals surface area contributed by atoms with Crippen LogP contribution in [0.1, 0.15) is 23.6 Å². The number of aryl methyl sites for hydroxylation is 1. The average Bonchev–Trinajstić information content (AvgIpc) is 2.94. The van der Waals surface area contributed by atoms with E-state index in [1.165, 1.54) is 5.06 Å². The van der Waals surface area contributed by atoms with Gasteiger partial charge in [-0.2, -0.15) is 0 Å². The third-order valence-electron chi connectivity index (χ3n) is 7.76. The molecule has 1 amide bonds. The van der Waals surface area contributed by atoms with Crippen molar-refractivity contribution in [2.75, 3.05) is 46.5 Å². The summed E-state index contributed by atoms with van der Waals surface area (Å²) in [6.07, 6.45) is 2.11. The van der Waals surface area contributed by atoms with Gasteiger partial charge in [0, 0.05) is 45.2 Å². The maximum atomic E-state index is 12.0. The van der Waals surface area contributed by atoms with Crippen LogP contribution in [0.3, 0.4) is 0 Å². The van der Waals surface area contributed by atoms with Gasteiger partial charge in [-0.1, -0.05) is 42.5 Å². The standard InChI is InChI=1S/C29H37N5O4/c1-20-8-4-6-10-23(20)26-17-28(33-14-12-32(13-15-33)21(2)35)38-29-24(18-30-19-31-29)25(34(26)36)16-22-9-5-7-11-27(22)37-3/h4-11,17,24-25,28,30,36H,12-16,18-19H2,1-3H3. The largest absolute Gasteiger partial charge is 0.496 e. The smallest absolute Gasteiger partial charge is 0.219 e. The van der Waals surface area contributed by atoms with E-state index < -0.39 is 6.23 Å². The van der Waals surface area contributed by atoms with Crippen molar-refractivity contribution < 1.29 is 19.5 Å². The Labute approximate surface area is 224 Å². The minimum Gasteiger partial charge on any atom is -0.496 e. The number of methoxy groups -OCH3 is 1. The van der Waals surface area contributed by atoms with Crippen LogP contribution >= 0.6 is 0 Å². The van der Waals surface area contributed by atoms with Crippen molar-refractivity contribution in [1.29, 1.82) is 0 Å². The Kier molecular flexibility index (Phi) is 7.97. The van der Waals surface area contributed by atoms with Crippen LogP contribution in [0.15, 0.2) is 59.6 Å². The van der Waals surface area contributed by atoms with Crippen molar-refractivity contribution >= 4 is 17.5 Å². The molecule has 2 aromatic rings. The van der Waals surface area contributed by atoms with Gasteiger partial charge in [0.05, 0.1) is 31.4 Å². The summed E-state index contributed by atoms with van der Waals surface area (Å²) < 4.78 is 12.3. The van der Waals surface area contributed by atoms with Gasteiger partial charge in [-0.15, -0.1) is 0 Å². The van der Waals surface area contributed by atoms with Gasteiger partial charge < -0.3 is 14.4 Å². The second-order valence-corrected chi connectivity index (χ2v) is 10.1. The number of nitrogens with zero attached hydrogens (tertiary/aromatic N) is 4. The summed E-state index contributed by atoms with van der Waals surface area (Å²) in [5.41, 5.74) is 3.71. The molecular weight excluding hydrogens is 482 g/mol. The van der Waals surface area contributed by atoms with Crippen molar-refractivity contribution in [3.05, 3.63) is 71.3 Å². The number of hydrogen-bond donors (Lipinski definition) is 2. The number of hydroxylamine groups is 2. The van der Waals surface area contributed by atoms with Crippen molar-refractivity contribution in [2.45, 2.75) is 32.5 Å². The summed E-state index contributed by atoms with van der Waals surface area (Å²) in [7, 11) is 1.67. The molecule has 3 atom stereocenters. The number of ether oxygens (including phenoxy) is 2. The predicted molar refractivity (Wildman–Crippen MR) is 146 cm³/mol. The monoisotopic (exact) mass is 519 g/mol. The molecular formula is C29H37N5O4. The summed E-state index contributed by atoms with van der Waals surface area (Å²) in [6.45, 7) is 7.38. The fourth-order valence-corrected chi connectivity index (χ4v) is 5.57. The van der Waals surface area contributed by atoms with E-state index in [1.807, 2.05) is 53.4 Å². The number of amides is 1. The zero-order valence-corrected chi connectivity index (χ0v) is 22.3. The molecule has 1 fully saturated rings. The highest BCUT2D eigenvalue weighted by Crippen LogP contribution is 2.34. The minimum atomic E-state index is -0.431. The molecule has 2 N–H and O–H groups in total. The normalized spacial score (nSPS) is 24.4. The van der Waals surface area contributed by atoms with Crippen LogP contribution in [0, 0.1) is 12.8 Å². The molecule has 0 bridgehead atoms. The van der Waals surface area contributed by atoms with Gasteiger partial charge in [0.15, 0.2) is 12.1 Å². The molecule has 0 saturated carbocycles. The fraction of sp³-hybridized carbons (Fsp3) is 0.448. The minimum absolute atomic E-state index is 0.0860. The Morgan fingerprint density at radius 2 is 1.87 bits per heavy atom. The zero-order valence-electron chi connectivity index (χ0n) is 22.3. The number of nitrogens with one attached hydrogen (secondary N) is 1. The van der Waals surface area contributed by atoms with Crippen molar-refractivity contribution in [1.82, 2.24) is 20.2 Å². The molecule has 0 spiro atoms. The third kappa shape index (κ3) is 5.41. The summed E-state index contributed by atoms with van der Waals surface area (Å²) in [5, 5.41) is 16.8. The molecule has 1 saturated heterocycles. The first-order valence-electron chi connectivity index (χ1n) is 13.3. The summed E-state index contributed by atoms with van der Waals surface area (Å²) in [5.74, 6) is 1.32. The lowest BCUT2D eigenvalue weighted by Crippen LogP contribution is -2.56. The van der Waals surface area contributed by atoms with Crippen LogP contribution in [0.5, 0.6) is 5.75 Å². The van der Waals surface area contributed by atoms with E-state index in [9.17, 15) is 10.0 Å². The Hall–Kier alpha value is -3.40. The van der Waals surface area contributed by atoms with Gasteiger partial charge in [0.2, 0.25) is 5.91 Å². The first kappa shape index (κ1) is 26.2. The first-order chi connectivity index (χ1) is 18.5. The number of rotatable bonds is 5. The number of carbonyl (C=O) groups excluding carboxylic acids is 1. The van der Waals surface area contributed by atoms with E-state index in [0.717, 1.165) is 22.4 Å². The Balaban J connectivity index is 1.57. The predicted octanol–water partition coefficient (Wildman–Crippen LogP) is 2.74. The van der Waals surface area contributed by atoms with Gasteiger partial charge in [0.1, 0.15) is 5.75 Å². The zero-order chi connectivity index (χ0) is 26.6. The lowest BCUT2D eigenvalue weighted by atomic mass is 9.89. The van der Waals surface area contributed by atoms with Crippen molar-refractivity contribution in [3.8, 4) is 5.75 Å². The Morgan fingerprint density at radius 1 is 1.13 bits per heavy atom. The topological polar surface area (TPSA) is 89.9 Å². The molecule has 3 heterocycles. The van der Waals surface area contributed by atoms with E-state index in [4.69, 9.17) is 14.5 Å². The molecule has 3 aliphatic rings. The molecule has 2 aromatic carbocycles. The number of para-hydroxylation sites is 1. The van der Waals surface area contributed by atoms with Gasteiger partial charge >= 0.3 is 0 Å². The molecule has 3 unspecified atom stereocenters. The first-order valence-corrected chi connectivity index (χ1v) is 13.3. The highest BCUT2D eigenvalue weighted by atomic mass is 16.5. The Bertz CT molecular complexity index is 1210. The van der Waals surface area contributed by atoms with Crippen LogP contribution < -0.4 is 10.1 Å². The second-order valence-electron chi connectivity index (χ2n) is 10.1. The number of carbonyl (C=O) groups is 1. The van der Waals surface area contributed by atoms with Gasteiger partial charge in [-0.25, -0.2) is 4.99 Å². The maximum absolute atomic E-state index is 12.0. The van der Waals surface area contributed by atoms with Crippen LogP contribution in [-0.2, 0) is 16.0 Å². The lowest BCUT2D eigenvalue weighted by molar-refractivity contribution is -0.131.